The zero-order valence-electron chi connectivity index (χ0n) is 22.0. The second-order valence-electron chi connectivity index (χ2n) is 9.59. The van der Waals surface area contributed by atoms with Gasteiger partial charge in [-0.1, -0.05) is 32.9 Å². The van der Waals surface area contributed by atoms with Crippen molar-refractivity contribution in [2.45, 2.75) is 38.6 Å². The number of amides is 1. The van der Waals surface area contributed by atoms with Gasteiger partial charge in [-0.25, -0.2) is 0 Å². The van der Waals surface area contributed by atoms with Gasteiger partial charge in [0.05, 0.1) is 32.9 Å². The van der Waals surface area contributed by atoms with Crippen molar-refractivity contribution < 1.29 is 33.6 Å². The fraction of sp³-hybridized carbons (Fsp3) is 0.429. The Bertz CT molecular complexity index is 1160. The first-order valence-corrected chi connectivity index (χ1v) is 11.8. The van der Waals surface area contributed by atoms with Gasteiger partial charge in [-0.15, -0.1) is 0 Å². The zero-order valence-corrected chi connectivity index (χ0v) is 22.0. The summed E-state index contributed by atoms with van der Waals surface area (Å²) in [5.41, 5.74) is 1.53. The minimum atomic E-state index is -0.868. The maximum Gasteiger partial charge on any atom is 0.295 e. The summed E-state index contributed by atoms with van der Waals surface area (Å²) in [5.74, 6) is -0.188. The molecule has 0 aliphatic carbocycles. The van der Waals surface area contributed by atoms with Gasteiger partial charge in [0.2, 0.25) is 0 Å². The van der Waals surface area contributed by atoms with Crippen molar-refractivity contribution in [3.8, 4) is 17.2 Å². The number of aliphatic hydroxyl groups is 1. The van der Waals surface area contributed by atoms with E-state index in [4.69, 9.17) is 18.9 Å². The maximum absolute atomic E-state index is 13.4. The maximum atomic E-state index is 13.4. The largest absolute Gasteiger partial charge is 0.507 e. The molecule has 2 aromatic carbocycles. The second-order valence-corrected chi connectivity index (χ2v) is 9.59. The number of nitrogens with zero attached hydrogens (tertiary/aromatic N) is 1. The Morgan fingerprint density at radius 3 is 2.25 bits per heavy atom. The van der Waals surface area contributed by atoms with Gasteiger partial charge in [0, 0.05) is 37.0 Å². The fourth-order valence-corrected chi connectivity index (χ4v) is 4.54. The van der Waals surface area contributed by atoms with Crippen molar-refractivity contribution in [2.75, 3.05) is 41.6 Å². The monoisotopic (exact) mass is 497 g/mol. The number of rotatable bonds is 9. The molecule has 194 valence electrons. The van der Waals surface area contributed by atoms with Crippen molar-refractivity contribution in [1.29, 1.82) is 0 Å². The van der Waals surface area contributed by atoms with Crippen LogP contribution in [0.5, 0.6) is 17.2 Å². The van der Waals surface area contributed by atoms with E-state index < -0.39 is 17.7 Å². The van der Waals surface area contributed by atoms with Crippen LogP contribution in [0.3, 0.4) is 0 Å². The summed E-state index contributed by atoms with van der Waals surface area (Å²) in [6.45, 7) is 6.77. The molecule has 0 radical (unpaired) electrons. The van der Waals surface area contributed by atoms with Crippen LogP contribution in [0.15, 0.2) is 42.0 Å². The molecule has 1 unspecified atom stereocenters. The summed E-state index contributed by atoms with van der Waals surface area (Å²) in [6, 6.07) is 9.63. The molecule has 8 nitrogen and oxygen atoms in total. The number of hydrogen-bond acceptors (Lipinski definition) is 7. The summed E-state index contributed by atoms with van der Waals surface area (Å²) < 4.78 is 21.8. The van der Waals surface area contributed by atoms with E-state index in [1.54, 1.807) is 50.6 Å². The molecule has 0 spiro atoms. The van der Waals surface area contributed by atoms with Gasteiger partial charge >= 0.3 is 0 Å². The predicted octanol–water partition coefficient (Wildman–Crippen LogP) is 4.47. The Kier molecular flexibility index (Phi) is 8.30. The number of carbonyl (C=O) groups excluding carboxylic acids is 2. The summed E-state index contributed by atoms with van der Waals surface area (Å²) in [7, 11) is 6.18. The van der Waals surface area contributed by atoms with E-state index in [2.05, 4.69) is 0 Å². The summed E-state index contributed by atoms with van der Waals surface area (Å²) >= 11 is 0. The first-order chi connectivity index (χ1) is 17.1. The molecule has 1 heterocycles. The number of carbonyl (C=O) groups is 2. The minimum absolute atomic E-state index is 0.00556. The predicted molar refractivity (Wildman–Crippen MR) is 137 cm³/mol. The lowest BCUT2D eigenvalue weighted by atomic mass is 9.84. The Balaban J connectivity index is 2.27. The third kappa shape index (κ3) is 5.04. The van der Waals surface area contributed by atoms with Gasteiger partial charge in [0.1, 0.15) is 11.5 Å². The van der Waals surface area contributed by atoms with Gasteiger partial charge in [-0.2, -0.15) is 0 Å². The van der Waals surface area contributed by atoms with Gasteiger partial charge in [0.25, 0.3) is 11.7 Å². The molecule has 8 heteroatoms. The molecule has 0 aromatic heterocycles. The average Bonchev–Trinajstić information content (AvgIpc) is 3.11. The lowest BCUT2D eigenvalue weighted by Gasteiger charge is -2.27. The highest BCUT2D eigenvalue weighted by atomic mass is 16.5. The third-order valence-electron chi connectivity index (χ3n) is 6.30. The molecule has 1 aliphatic heterocycles. The second kappa shape index (κ2) is 11.0. The summed E-state index contributed by atoms with van der Waals surface area (Å²) in [4.78, 5) is 28.0. The molecule has 1 amide bonds. The Morgan fingerprint density at radius 1 is 0.972 bits per heavy atom. The van der Waals surface area contributed by atoms with Crippen LogP contribution < -0.4 is 14.2 Å². The third-order valence-corrected chi connectivity index (χ3v) is 6.30. The van der Waals surface area contributed by atoms with E-state index in [1.807, 2.05) is 20.8 Å². The van der Waals surface area contributed by atoms with Crippen molar-refractivity contribution >= 4 is 17.4 Å². The smallest absolute Gasteiger partial charge is 0.295 e. The van der Waals surface area contributed by atoms with Crippen molar-refractivity contribution in [2.24, 2.45) is 0 Å². The molecule has 1 saturated heterocycles. The number of benzene rings is 2. The van der Waals surface area contributed by atoms with Gasteiger partial charge in [0.15, 0.2) is 11.5 Å². The highest BCUT2D eigenvalue weighted by Gasteiger charge is 2.47. The Morgan fingerprint density at radius 2 is 1.67 bits per heavy atom. The number of likely N-dealkylation sites (tertiary alicyclic amines) is 1. The van der Waals surface area contributed by atoms with E-state index >= 15 is 0 Å². The molecule has 36 heavy (non-hydrogen) atoms. The zero-order chi connectivity index (χ0) is 26.6. The summed E-state index contributed by atoms with van der Waals surface area (Å²) in [6.07, 6.45) is 0.517. The molecule has 3 rings (SSSR count). The van der Waals surface area contributed by atoms with Crippen LogP contribution in [0.25, 0.3) is 5.76 Å². The van der Waals surface area contributed by atoms with Crippen LogP contribution in [-0.4, -0.2) is 63.3 Å². The minimum Gasteiger partial charge on any atom is -0.507 e. The number of ether oxygens (including phenoxy) is 4. The average molecular weight is 498 g/mol. The van der Waals surface area contributed by atoms with Crippen molar-refractivity contribution in [3.63, 3.8) is 0 Å². The SMILES string of the molecule is COCCCN1C(=O)C(=O)/C(=C(/O)c2ccc(OC)c(C(C)(C)C)c2)C1c1cccc(OC)c1OC. The van der Waals surface area contributed by atoms with Gasteiger partial charge < -0.3 is 29.0 Å². The highest BCUT2D eigenvalue weighted by molar-refractivity contribution is 6.46. The fourth-order valence-electron chi connectivity index (χ4n) is 4.54. The summed E-state index contributed by atoms with van der Waals surface area (Å²) in [5, 5.41) is 11.5. The van der Waals surface area contributed by atoms with Gasteiger partial charge in [-0.05, 0) is 36.1 Å². The van der Waals surface area contributed by atoms with Crippen molar-refractivity contribution in [3.05, 3.63) is 58.7 Å². The molecular formula is C28H35NO7. The number of ketones is 1. The van der Waals surface area contributed by atoms with E-state index in [-0.39, 0.29) is 23.3 Å². The van der Waals surface area contributed by atoms with Crippen LogP contribution >= 0.6 is 0 Å². The van der Waals surface area contributed by atoms with Crippen molar-refractivity contribution in [1.82, 2.24) is 4.90 Å². The topological polar surface area (TPSA) is 94.5 Å². The normalized spacial score (nSPS) is 17.4. The van der Waals surface area contributed by atoms with Crippen LogP contribution in [0.2, 0.25) is 0 Å². The van der Waals surface area contributed by atoms with E-state index in [0.29, 0.717) is 41.4 Å². The van der Waals surface area contributed by atoms with E-state index in [0.717, 1.165) is 5.56 Å². The molecule has 0 saturated carbocycles. The molecule has 0 bridgehead atoms. The highest BCUT2D eigenvalue weighted by Crippen LogP contribution is 2.46. The molecule has 1 aliphatic rings. The van der Waals surface area contributed by atoms with Gasteiger partial charge in [-0.3, -0.25) is 9.59 Å². The Hall–Kier alpha value is -3.52. The number of Topliss-reactive ketones (excluding diaryl/α,β-unsaturated/α-hetero) is 1. The first kappa shape index (κ1) is 27.1. The van der Waals surface area contributed by atoms with Crippen LogP contribution in [0.1, 0.15) is 49.9 Å². The van der Waals surface area contributed by atoms with E-state index in [1.165, 1.54) is 19.1 Å². The molecule has 1 N–H and O–H groups in total. The van der Waals surface area contributed by atoms with E-state index in [9.17, 15) is 14.7 Å². The molecular weight excluding hydrogens is 462 g/mol. The van der Waals surface area contributed by atoms with Crippen LogP contribution in [-0.2, 0) is 19.7 Å². The first-order valence-electron chi connectivity index (χ1n) is 11.8. The molecule has 1 fully saturated rings. The number of hydrogen-bond donors (Lipinski definition) is 1. The van der Waals surface area contributed by atoms with Crippen LogP contribution in [0.4, 0.5) is 0 Å². The molecule has 2 aromatic rings. The molecule has 1 atom stereocenters. The number of methoxy groups -OCH3 is 4. The lowest BCUT2D eigenvalue weighted by molar-refractivity contribution is -0.140. The van der Waals surface area contributed by atoms with Crippen LogP contribution in [0, 0.1) is 0 Å². The number of para-hydroxylation sites is 1. The standard InChI is InChI=1S/C28H35NO7/c1-28(2,3)19-16-17(12-13-20(19)34-5)24(30)22-23(18-10-8-11-21(35-6)26(18)36-7)29(14-9-15-33-4)27(32)25(22)31/h8,10-13,16,23,30H,9,14-15H2,1-7H3/b24-22+. The number of aliphatic hydroxyl groups excluding tert-OH is 1. The Labute approximate surface area is 212 Å². The quantitative estimate of drug-likeness (QED) is 0.236. The lowest BCUT2D eigenvalue weighted by Crippen LogP contribution is -2.31.